The molecule has 26 heavy (non-hydrogen) atoms. The lowest BCUT2D eigenvalue weighted by atomic mass is 9.99. The lowest BCUT2D eigenvalue weighted by Crippen LogP contribution is -2.41. The number of thiol groups is 1. The topological polar surface area (TPSA) is 65.1 Å². The molecule has 1 unspecified atom stereocenters. The van der Waals surface area contributed by atoms with E-state index in [9.17, 15) is 9.90 Å². The zero-order valence-electron chi connectivity index (χ0n) is 14.6. The van der Waals surface area contributed by atoms with E-state index in [0.717, 1.165) is 22.9 Å². The molecule has 2 aromatic carbocycles. The molecule has 136 valence electrons. The summed E-state index contributed by atoms with van der Waals surface area (Å²) in [5.41, 5.74) is 3.30. The van der Waals surface area contributed by atoms with Crippen molar-refractivity contribution in [3.63, 3.8) is 0 Å². The summed E-state index contributed by atoms with van der Waals surface area (Å²) in [6.07, 6.45) is 3.24. The number of benzene rings is 2. The molecule has 3 aromatic rings. The molecule has 0 saturated heterocycles. The molecule has 0 fully saturated rings. The number of nitrogens with one attached hydrogen (secondary N) is 2. The van der Waals surface area contributed by atoms with Crippen LogP contribution in [-0.4, -0.2) is 34.4 Å². The number of H-pyrrole nitrogens is 1. The van der Waals surface area contributed by atoms with Gasteiger partial charge in [-0.1, -0.05) is 48.5 Å². The van der Waals surface area contributed by atoms with Crippen molar-refractivity contribution in [2.75, 3.05) is 12.3 Å². The second kappa shape index (κ2) is 8.92. The number of carboxylic acid groups (broad SMARTS) is 1. The van der Waals surface area contributed by atoms with Crippen LogP contribution in [0.4, 0.5) is 0 Å². The number of carbonyl (C=O) groups is 1. The monoisotopic (exact) mass is 368 g/mol. The Morgan fingerprint density at radius 3 is 2.54 bits per heavy atom. The molecule has 4 nitrogen and oxygen atoms in total. The van der Waals surface area contributed by atoms with Crippen molar-refractivity contribution in [3.8, 4) is 0 Å². The van der Waals surface area contributed by atoms with E-state index < -0.39 is 12.0 Å². The fraction of sp³-hybridized carbons (Fsp3) is 0.286. The maximum Gasteiger partial charge on any atom is 0.321 e. The maximum absolute atomic E-state index is 11.7. The molecule has 0 aliphatic carbocycles. The molecule has 3 rings (SSSR count). The molecule has 0 radical (unpaired) electrons. The molecule has 0 bridgehead atoms. The zero-order valence-corrected chi connectivity index (χ0v) is 15.5. The van der Waals surface area contributed by atoms with Gasteiger partial charge >= 0.3 is 5.97 Å². The summed E-state index contributed by atoms with van der Waals surface area (Å²) in [5.74, 6) is 0.167. The Labute approximate surface area is 159 Å². The van der Waals surface area contributed by atoms with Gasteiger partial charge < -0.3 is 15.4 Å². The van der Waals surface area contributed by atoms with Crippen molar-refractivity contribution >= 4 is 29.5 Å². The Morgan fingerprint density at radius 2 is 1.81 bits per heavy atom. The predicted molar refractivity (Wildman–Crippen MR) is 109 cm³/mol. The number of hydrogen-bond acceptors (Lipinski definition) is 3. The van der Waals surface area contributed by atoms with Crippen LogP contribution in [0.15, 0.2) is 60.8 Å². The fourth-order valence-corrected chi connectivity index (χ4v) is 3.48. The number of aromatic nitrogens is 1. The van der Waals surface area contributed by atoms with Crippen LogP contribution in [0.5, 0.6) is 0 Å². The molecule has 5 heteroatoms. The van der Waals surface area contributed by atoms with Gasteiger partial charge in [0.1, 0.15) is 6.04 Å². The highest BCUT2D eigenvalue weighted by Crippen LogP contribution is 2.19. The van der Waals surface area contributed by atoms with Gasteiger partial charge in [-0.2, -0.15) is 12.6 Å². The average molecular weight is 369 g/mol. The molecule has 0 aliphatic heterocycles. The lowest BCUT2D eigenvalue weighted by Gasteiger charge is -2.19. The normalized spacial score (nSPS) is 13.6. The summed E-state index contributed by atoms with van der Waals surface area (Å²) in [7, 11) is 0. The van der Waals surface area contributed by atoms with E-state index >= 15 is 0 Å². The summed E-state index contributed by atoms with van der Waals surface area (Å²) in [5, 5.41) is 13.9. The van der Waals surface area contributed by atoms with Crippen LogP contribution in [0.3, 0.4) is 0 Å². The summed E-state index contributed by atoms with van der Waals surface area (Å²) < 4.78 is 0. The molecule has 0 spiro atoms. The van der Waals surface area contributed by atoms with Crippen LogP contribution in [-0.2, 0) is 17.6 Å². The lowest BCUT2D eigenvalue weighted by molar-refractivity contribution is -0.139. The number of aromatic amines is 1. The molecular weight excluding hydrogens is 344 g/mol. The van der Waals surface area contributed by atoms with Crippen molar-refractivity contribution in [2.24, 2.45) is 5.92 Å². The number of fused-ring (bicyclic) bond motifs is 1. The van der Waals surface area contributed by atoms with Gasteiger partial charge in [0, 0.05) is 23.5 Å². The van der Waals surface area contributed by atoms with Crippen molar-refractivity contribution in [2.45, 2.75) is 18.9 Å². The molecule has 0 saturated carbocycles. The van der Waals surface area contributed by atoms with Crippen molar-refractivity contribution in [3.05, 3.63) is 71.9 Å². The van der Waals surface area contributed by atoms with Crippen molar-refractivity contribution in [1.29, 1.82) is 0 Å². The summed E-state index contributed by atoms with van der Waals surface area (Å²) >= 11 is 4.45. The average Bonchev–Trinajstić information content (AvgIpc) is 3.07. The third-order valence-electron chi connectivity index (χ3n) is 4.68. The van der Waals surface area contributed by atoms with Gasteiger partial charge in [0.25, 0.3) is 0 Å². The first-order chi connectivity index (χ1) is 12.7. The first kappa shape index (κ1) is 18.5. The number of hydrogen-bond donors (Lipinski definition) is 4. The van der Waals surface area contributed by atoms with E-state index in [1.807, 2.05) is 48.7 Å². The van der Waals surface area contributed by atoms with Crippen LogP contribution in [0.1, 0.15) is 11.1 Å². The van der Waals surface area contributed by atoms with Crippen LogP contribution in [0.25, 0.3) is 10.9 Å². The standard InChI is InChI=1S/C21H24N2O2S/c24-21(25)20(11-17-13-23-19-9-5-4-8-18(17)19)22-12-16(14-26)10-15-6-2-1-3-7-15/h1-9,13,16,20,22-23,26H,10-12,14H2,(H,24,25)/t16?,20-/m0/s1. The van der Waals surface area contributed by atoms with E-state index in [-0.39, 0.29) is 5.92 Å². The summed E-state index contributed by atoms with van der Waals surface area (Å²) in [6, 6.07) is 17.6. The number of para-hydroxylation sites is 1. The minimum Gasteiger partial charge on any atom is -0.480 e. The van der Waals surface area contributed by atoms with E-state index in [0.29, 0.717) is 18.7 Å². The van der Waals surface area contributed by atoms with Gasteiger partial charge in [0.2, 0.25) is 0 Å². The zero-order chi connectivity index (χ0) is 18.4. The quantitative estimate of drug-likeness (QED) is 0.437. The second-order valence-electron chi connectivity index (χ2n) is 6.60. The highest BCUT2D eigenvalue weighted by atomic mass is 32.1. The third kappa shape index (κ3) is 4.68. The Morgan fingerprint density at radius 1 is 1.08 bits per heavy atom. The molecule has 2 atom stereocenters. The van der Waals surface area contributed by atoms with Crippen molar-refractivity contribution in [1.82, 2.24) is 10.3 Å². The SMILES string of the molecule is O=C(O)[C@H](Cc1c[nH]c2ccccc12)NCC(CS)Cc1ccccc1. The minimum absolute atomic E-state index is 0.283. The first-order valence-electron chi connectivity index (χ1n) is 8.83. The molecule has 0 amide bonds. The highest BCUT2D eigenvalue weighted by Gasteiger charge is 2.20. The van der Waals surface area contributed by atoms with E-state index in [1.54, 1.807) is 0 Å². The number of carboxylic acids is 1. The van der Waals surface area contributed by atoms with E-state index in [2.05, 4.69) is 35.1 Å². The van der Waals surface area contributed by atoms with Crippen LogP contribution < -0.4 is 5.32 Å². The molecular formula is C21H24N2O2S. The Balaban J connectivity index is 1.63. The second-order valence-corrected chi connectivity index (χ2v) is 6.97. The maximum atomic E-state index is 11.7. The summed E-state index contributed by atoms with van der Waals surface area (Å²) in [6.45, 7) is 0.623. The van der Waals surface area contributed by atoms with E-state index in [1.165, 1.54) is 5.56 Å². The largest absolute Gasteiger partial charge is 0.480 e. The molecule has 1 aromatic heterocycles. The first-order valence-corrected chi connectivity index (χ1v) is 9.46. The van der Waals surface area contributed by atoms with Crippen LogP contribution in [0.2, 0.25) is 0 Å². The van der Waals surface area contributed by atoms with Gasteiger partial charge in [-0.15, -0.1) is 0 Å². The predicted octanol–water partition coefficient (Wildman–Crippen LogP) is 3.54. The Bertz CT molecular complexity index is 847. The van der Waals surface area contributed by atoms with Gasteiger partial charge in [0.05, 0.1) is 0 Å². The fourth-order valence-electron chi connectivity index (χ4n) is 3.22. The Hall–Kier alpha value is -2.24. The minimum atomic E-state index is -0.826. The number of rotatable bonds is 9. The van der Waals surface area contributed by atoms with Crippen LogP contribution in [0, 0.1) is 5.92 Å². The van der Waals surface area contributed by atoms with Gasteiger partial charge in [0.15, 0.2) is 0 Å². The molecule has 1 heterocycles. The van der Waals surface area contributed by atoms with E-state index in [4.69, 9.17) is 0 Å². The van der Waals surface area contributed by atoms with Crippen LogP contribution >= 0.6 is 12.6 Å². The van der Waals surface area contributed by atoms with Gasteiger partial charge in [-0.3, -0.25) is 4.79 Å². The molecule has 3 N–H and O–H groups in total. The number of aliphatic carboxylic acids is 1. The highest BCUT2D eigenvalue weighted by molar-refractivity contribution is 7.80. The van der Waals surface area contributed by atoms with Gasteiger partial charge in [-0.25, -0.2) is 0 Å². The smallest absolute Gasteiger partial charge is 0.321 e. The third-order valence-corrected chi connectivity index (χ3v) is 5.19. The Kier molecular flexibility index (Phi) is 6.36. The summed E-state index contributed by atoms with van der Waals surface area (Å²) in [4.78, 5) is 14.9. The molecule has 0 aliphatic rings. The van der Waals surface area contributed by atoms with Gasteiger partial charge in [-0.05, 0) is 41.8 Å². The van der Waals surface area contributed by atoms with Crippen molar-refractivity contribution < 1.29 is 9.90 Å².